The monoisotopic (exact) mass is 624 g/mol. The van der Waals surface area contributed by atoms with Crippen LogP contribution >= 0.6 is 11.6 Å². The fourth-order valence-electron chi connectivity index (χ4n) is 6.88. The van der Waals surface area contributed by atoms with E-state index in [1.54, 1.807) is 0 Å². The van der Waals surface area contributed by atoms with Crippen LogP contribution in [0.4, 0.5) is 18.9 Å². The van der Waals surface area contributed by atoms with Crippen molar-refractivity contribution in [1.82, 2.24) is 4.90 Å². The standard InChI is InChI=1S/C33H28ClF3N2O5/c34-23-14-13-18(33(35,36)37)16-24(23)38-25(40)17-44-26(41)12-2-1-7-15-39-31(42)29-27-19-8-3-4-9-20(19)28(30(29)32(39)43)22-11-6-5-10-21(22)27/h3-6,8-11,13-14,16,27-30H,1-2,7,12,15,17H2,(H,38,40)/t27?,28?,29-,30+. The highest BCUT2D eigenvalue weighted by Crippen LogP contribution is 2.60. The maximum Gasteiger partial charge on any atom is 0.416 e. The highest BCUT2D eigenvalue weighted by molar-refractivity contribution is 6.33. The highest BCUT2D eigenvalue weighted by atomic mass is 35.5. The number of benzene rings is 3. The van der Waals surface area contributed by atoms with Crippen LogP contribution in [-0.4, -0.2) is 41.7 Å². The molecule has 3 amide bonds. The predicted molar refractivity (Wildman–Crippen MR) is 155 cm³/mol. The number of nitrogens with zero attached hydrogens (tertiary/aromatic N) is 1. The Morgan fingerprint density at radius 2 is 1.36 bits per heavy atom. The third-order valence-corrected chi connectivity index (χ3v) is 9.06. The molecule has 1 N–H and O–H groups in total. The van der Waals surface area contributed by atoms with Gasteiger partial charge < -0.3 is 10.1 Å². The summed E-state index contributed by atoms with van der Waals surface area (Å²) in [7, 11) is 0. The maximum absolute atomic E-state index is 13.6. The summed E-state index contributed by atoms with van der Waals surface area (Å²) in [6.07, 6.45) is -3.15. The van der Waals surface area contributed by atoms with E-state index in [0.717, 1.165) is 34.4 Å². The Hall–Kier alpha value is -4.18. The van der Waals surface area contributed by atoms with Crippen molar-refractivity contribution in [2.75, 3.05) is 18.5 Å². The molecule has 7 rings (SSSR count). The van der Waals surface area contributed by atoms with Crippen molar-refractivity contribution in [2.24, 2.45) is 11.8 Å². The summed E-state index contributed by atoms with van der Waals surface area (Å²) in [5.74, 6) is -2.94. The fourth-order valence-corrected chi connectivity index (χ4v) is 7.04. The van der Waals surface area contributed by atoms with Crippen LogP contribution < -0.4 is 5.32 Å². The molecule has 3 aliphatic carbocycles. The summed E-state index contributed by atoms with van der Waals surface area (Å²) in [5, 5.41) is 2.13. The van der Waals surface area contributed by atoms with Crippen LogP contribution in [0.15, 0.2) is 66.7 Å². The number of nitrogens with one attached hydrogen (secondary N) is 1. The number of carbonyl (C=O) groups excluding carboxylic acids is 4. The molecule has 228 valence electrons. The minimum absolute atomic E-state index is 0.000491. The molecular weight excluding hydrogens is 597 g/mol. The average molecular weight is 625 g/mol. The molecule has 4 aliphatic rings. The molecule has 0 spiro atoms. The summed E-state index contributed by atoms with van der Waals surface area (Å²) in [6, 6.07) is 18.6. The molecule has 2 atom stereocenters. The number of alkyl halides is 3. The lowest BCUT2D eigenvalue weighted by Crippen LogP contribution is -2.41. The molecular formula is C33H28ClF3N2O5. The van der Waals surface area contributed by atoms with Gasteiger partial charge in [-0.3, -0.25) is 24.1 Å². The topological polar surface area (TPSA) is 92.8 Å². The normalized spacial score (nSPS) is 21.5. The molecule has 0 saturated carbocycles. The van der Waals surface area contributed by atoms with Crippen molar-refractivity contribution < 1.29 is 37.1 Å². The third kappa shape index (κ3) is 5.36. The summed E-state index contributed by atoms with van der Waals surface area (Å²) >= 11 is 5.88. The highest BCUT2D eigenvalue weighted by Gasteiger charge is 2.61. The van der Waals surface area contributed by atoms with Crippen molar-refractivity contribution in [1.29, 1.82) is 0 Å². The molecule has 0 radical (unpaired) electrons. The third-order valence-electron chi connectivity index (χ3n) is 8.73. The van der Waals surface area contributed by atoms with Gasteiger partial charge in [0.2, 0.25) is 11.8 Å². The van der Waals surface area contributed by atoms with E-state index >= 15 is 0 Å². The number of halogens is 4. The minimum Gasteiger partial charge on any atom is -0.456 e. The number of hydrogen-bond acceptors (Lipinski definition) is 5. The van der Waals surface area contributed by atoms with Gasteiger partial charge in [-0.2, -0.15) is 13.2 Å². The fraction of sp³-hybridized carbons (Fsp3) is 0.333. The van der Waals surface area contributed by atoms with Crippen LogP contribution in [0.5, 0.6) is 0 Å². The minimum atomic E-state index is -4.61. The van der Waals surface area contributed by atoms with Gasteiger partial charge in [0.05, 0.1) is 28.1 Å². The van der Waals surface area contributed by atoms with Crippen molar-refractivity contribution in [3.8, 4) is 0 Å². The maximum atomic E-state index is 13.6. The Labute approximate surface area is 256 Å². The molecule has 3 aromatic carbocycles. The number of unbranched alkanes of at least 4 members (excludes halogenated alkanes) is 2. The van der Waals surface area contributed by atoms with Crippen LogP contribution in [0, 0.1) is 11.8 Å². The van der Waals surface area contributed by atoms with E-state index < -0.39 is 42.1 Å². The average Bonchev–Trinajstić information content (AvgIpc) is 3.26. The second kappa shape index (κ2) is 11.7. The first kappa shape index (κ1) is 29.9. The van der Waals surface area contributed by atoms with Gasteiger partial charge in [0.25, 0.3) is 5.91 Å². The lowest BCUT2D eigenvalue weighted by atomic mass is 9.55. The smallest absolute Gasteiger partial charge is 0.416 e. The van der Waals surface area contributed by atoms with Gasteiger partial charge in [0, 0.05) is 24.8 Å². The number of carbonyl (C=O) groups is 4. The molecule has 2 bridgehead atoms. The molecule has 1 saturated heterocycles. The number of anilines is 1. The molecule has 1 heterocycles. The summed E-state index contributed by atoms with van der Waals surface area (Å²) < 4.78 is 43.8. The van der Waals surface area contributed by atoms with E-state index in [2.05, 4.69) is 29.6 Å². The van der Waals surface area contributed by atoms with Crippen LogP contribution in [0.1, 0.15) is 65.3 Å². The van der Waals surface area contributed by atoms with Crippen LogP contribution in [0.2, 0.25) is 5.02 Å². The van der Waals surface area contributed by atoms with Gasteiger partial charge in [-0.05, 0) is 53.3 Å². The van der Waals surface area contributed by atoms with Crippen LogP contribution in [-0.2, 0) is 30.1 Å². The van der Waals surface area contributed by atoms with E-state index in [9.17, 15) is 32.3 Å². The predicted octanol–water partition coefficient (Wildman–Crippen LogP) is 6.29. The quantitative estimate of drug-likeness (QED) is 0.172. The largest absolute Gasteiger partial charge is 0.456 e. The molecule has 11 heteroatoms. The van der Waals surface area contributed by atoms with Crippen molar-refractivity contribution in [3.05, 3.63) is 99.6 Å². The zero-order chi connectivity index (χ0) is 31.2. The Balaban J connectivity index is 0.982. The second-order valence-corrected chi connectivity index (χ2v) is 11.7. The van der Waals surface area contributed by atoms with Crippen LogP contribution in [0.25, 0.3) is 0 Å². The number of rotatable bonds is 9. The zero-order valence-corrected chi connectivity index (χ0v) is 24.2. The molecule has 1 aliphatic heterocycles. The van der Waals surface area contributed by atoms with E-state index in [4.69, 9.17) is 16.3 Å². The van der Waals surface area contributed by atoms with Gasteiger partial charge in [0.1, 0.15) is 0 Å². The van der Waals surface area contributed by atoms with Gasteiger partial charge >= 0.3 is 12.1 Å². The van der Waals surface area contributed by atoms with E-state index in [1.807, 2.05) is 24.3 Å². The van der Waals surface area contributed by atoms with Gasteiger partial charge in [0.15, 0.2) is 6.61 Å². The Morgan fingerprint density at radius 1 is 0.818 bits per heavy atom. The van der Waals surface area contributed by atoms with Crippen molar-refractivity contribution >= 4 is 41.0 Å². The summed E-state index contributed by atoms with van der Waals surface area (Å²) in [6.45, 7) is -0.427. The molecule has 1 fully saturated rings. The van der Waals surface area contributed by atoms with Crippen molar-refractivity contribution in [2.45, 2.75) is 43.7 Å². The van der Waals surface area contributed by atoms with Crippen LogP contribution in [0.3, 0.4) is 0 Å². The van der Waals surface area contributed by atoms with E-state index in [-0.39, 0.29) is 47.3 Å². The summed E-state index contributed by atoms with van der Waals surface area (Å²) in [5.41, 5.74) is 3.24. The van der Waals surface area contributed by atoms with Gasteiger partial charge in [-0.25, -0.2) is 0 Å². The zero-order valence-electron chi connectivity index (χ0n) is 23.4. The van der Waals surface area contributed by atoms with E-state index in [1.165, 1.54) is 4.90 Å². The molecule has 44 heavy (non-hydrogen) atoms. The number of esters is 1. The Kier molecular flexibility index (Phi) is 7.96. The Morgan fingerprint density at radius 3 is 1.89 bits per heavy atom. The molecule has 7 nitrogen and oxygen atoms in total. The molecule has 0 unspecified atom stereocenters. The number of imide groups is 1. The number of likely N-dealkylation sites (tertiary alicyclic amines) is 1. The number of hydrogen-bond donors (Lipinski definition) is 1. The first-order valence-corrected chi connectivity index (χ1v) is 14.8. The lowest BCUT2D eigenvalue weighted by Gasteiger charge is -2.45. The Bertz CT molecular complexity index is 1540. The number of amides is 3. The van der Waals surface area contributed by atoms with Gasteiger partial charge in [-0.1, -0.05) is 66.6 Å². The first-order valence-electron chi connectivity index (χ1n) is 14.4. The second-order valence-electron chi connectivity index (χ2n) is 11.3. The van der Waals surface area contributed by atoms with E-state index in [0.29, 0.717) is 25.3 Å². The van der Waals surface area contributed by atoms with Crippen molar-refractivity contribution in [3.63, 3.8) is 0 Å². The summed E-state index contributed by atoms with van der Waals surface area (Å²) in [4.78, 5) is 52.9. The number of ether oxygens (including phenoxy) is 1. The first-order chi connectivity index (χ1) is 21.1. The SMILES string of the molecule is O=C(COC(=O)CCCCCN1C(=O)[C@@H]2C3c4ccccc4C(c4ccccc43)[C@@H]2C1=O)Nc1cc(C(F)(F)F)ccc1Cl. The molecule has 3 aromatic rings. The molecule has 0 aromatic heterocycles. The van der Waals surface area contributed by atoms with Gasteiger partial charge in [-0.15, -0.1) is 0 Å². The lowest BCUT2D eigenvalue weighted by molar-refractivity contribution is -0.147.